The van der Waals surface area contributed by atoms with E-state index in [1.807, 2.05) is 19.9 Å². The quantitative estimate of drug-likeness (QED) is 0.609. The van der Waals surface area contributed by atoms with Crippen molar-refractivity contribution in [1.82, 2.24) is 0 Å². The molecule has 5 nitrogen and oxygen atoms in total. The first kappa shape index (κ1) is 14.8. The zero-order valence-corrected chi connectivity index (χ0v) is 11.8. The van der Waals surface area contributed by atoms with E-state index < -0.39 is 10.0 Å². The van der Waals surface area contributed by atoms with Crippen LogP contribution in [0.3, 0.4) is 0 Å². The molecule has 0 atom stereocenters. The van der Waals surface area contributed by atoms with Crippen LogP contribution in [0.25, 0.3) is 0 Å². The SMILES string of the molecule is COCCCS(=O)(=O)Nc1c(N)ccc(C)c1C. The number of methoxy groups -OCH3 is 1. The number of nitrogens with two attached hydrogens (primary N) is 1. The fourth-order valence-corrected chi connectivity index (χ4v) is 2.75. The van der Waals surface area contributed by atoms with Crippen molar-refractivity contribution in [2.24, 2.45) is 0 Å². The highest BCUT2D eigenvalue weighted by atomic mass is 32.2. The minimum atomic E-state index is -3.38. The Morgan fingerprint density at radius 1 is 1.33 bits per heavy atom. The van der Waals surface area contributed by atoms with E-state index in [2.05, 4.69) is 4.72 Å². The van der Waals surface area contributed by atoms with Crippen LogP contribution in [0.4, 0.5) is 11.4 Å². The van der Waals surface area contributed by atoms with Crippen LogP contribution in [-0.4, -0.2) is 27.9 Å². The molecule has 102 valence electrons. The van der Waals surface area contributed by atoms with Crippen LogP contribution in [-0.2, 0) is 14.8 Å². The number of hydrogen-bond donors (Lipinski definition) is 2. The van der Waals surface area contributed by atoms with E-state index in [0.717, 1.165) is 11.1 Å². The normalized spacial score (nSPS) is 11.5. The van der Waals surface area contributed by atoms with Gasteiger partial charge in [0.15, 0.2) is 0 Å². The topological polar surface area (TPSA) is 81.4 Å². The van der Waals surface area contributed by atoms with Gasteiger partial charge in [-0.3, -0.25) is 4.72 Å². The summed E-state index contributed by atoms with van der Waals surface area (Å²) in [6, 6.07) is 3.57. The van der Waals surface area contributed by atoms with Gasteiger partial charge in [0.25, 0.3) is 0 Å². The van der Waals surface area contributed by atoms with Crippen molar-refractivity contribution in [3.63, 3.8) is 0 Å². The maximum Gasteiger partial charge on any atom is 0.232 e. The summed E-state index contributed by atoms with van der Waals surface area (Å²) < 4.78 is 31.1. The van der Waals surface area contributed by atoms with Crippen LogP contribution < -0.4 is 10.5 Å². The van der Waals surface area contributed by atoms with Gasteiger partial charge < -0.3 is 10.5 Å². The van der Waals surface area contributed by atoms with Crippen molar-refractivity contribution in [2.75, 3.05) is 29.9 Å². The molecule has 18 heavy (non-hydrogen) atoms. The van der Waals surface area contributed by atoms with Gasteiger partial charge in [0, 0.05) is 13.7 Å². The molecule has 0 fully saturated rings. The molecule has 0 heterocycles. The Bertz CT molecular complexity index is 512. The fourth-order valence-electron chi connectivity index (χ4n) is 1.57. The Morgan fingerprint density at radius 3 is 2.61 bits per heavy atom. The third-order valence-corrected chi connectivity index (χ3v) is 4.13. The number of ether oxygens (including phenoxy) is 1. The second-order valence-corrected chi connectivity index (χ2v) is 6.08. The van der Waals surface area contributed by atoms with Crippen LogP contribution in [0.5, 0.6) is 0 Å². The van der Waals surface area contributed by atoms with Gasteiger partial charge in [-0.1, -0.05) is 6.07 Å². The zero-order chi connectivity index (χ0) is 13.8. The number of aryl methyl sites for hydroxylation is 1. The summed E-state index contributed by atoms with van der Waals surface area (Å²) >= 11 is 0. The van der Waals surface area contributed by atoms with Gasteiger partial charge in [0.1, 0.15) is 0 Å². The van der Waals surface area contributed by atoms with Crippen LogP contribution in [0, 0.1) is 13.8 Å². The Morgan fingerprint density at radius 2 is 2.00 bits per heavy atom. The van der Waals surface area contributed by atoms with Crippen molar-refractivity contribution in [1.29, 1.82) is 0 Å². The molecular formula is C12H20N2O3S. The summed E-state index contributed by atoms with van der Waals surface area (Å²) in [5, 5.41) is 0. The van der Waals surface area contributed by atoms with Gasteiger partial charge in [-0.05, 0) is 37.5 Å². The van der Waals surface area contributed by atoms with Crippen LogP contribution >= 0.6 is 0 Å². The van der Waals surface area contributed by atoms with E-state index in [0.29, 0.717) is 24.4 Å². The van der Waals surface area contributed by atoms with Crippen LogP contribution in [0.2, 0.25) is 0 Å². The molecule has 6 heteroatoms. The number of benzene rings is 1. The minimum absolute atomic E-state index is 0.0215. The second-order valence-electron chi connectivity index (χ2n) is 4.24. The minimum Gasteiger partial charge on any atom is -0.397 e. The summed E-state index contributed by atoms with van der Waals surface area (Å²) in [4.78, 5) is 0. The summed E-state index contributed by atoms with van der Waals surface area (Å²) in [7, 11) is -1.83. The van der Waals surface area contributed by atoms with Crippen molar-refractivity contribution < 1.29 is 13.2 Å². The molecular weight excluding hydrogens is 252 g/mol. The van der Waals surface area contributed by atoms with Gasteiger partial charge in [-0.2, -0.15) is 0 Å². The lowest BCUT2D eigenvalue weighted by Gasteiger charge is -2.14. The smallest absolute Gasteiger partial charge is 0.232 e. The summed E-state index contributed by atoms with van der Waals surface area (Å²) in [5.74, 6) is 0.0215. The van der Waals surface area contributed by atoms with E-state index in [9.17, 15) is 8.42 Å². The first-order valence-corrected chi connectivity index (χ1v) is 7.37. The average Bonchev–Trinajstić information content (AvgIpc) is 2.30. The zero-order valence-electron chi connectivity index (χ0n) is 11.0. The van der Waals surface area contributed by atoms with Gasteiger partial charge in [-0.15, -0.1) is 0 Å². The molecule has 1 rings (SSSR count). The third kappa shape index (κ3) is 3.89. The summed E-state index contributed by atoms with van der Waals surface area (Å²) in [6.45, 7) is 4.18. The predicted molar refractivity (Wildman–Crippen MR) is 74.2 cm³/mol. The number of nitrogens with one attached hydrogen (secondary N) is 1. The molecule has 0 saturated heterocycles. The van der Waals surface area contributed by atoms with Gasteiger partial charge >= 0.3 is 0 Å². The number of hydrogen-bond acceptors (Lipinski definition) is 4. The Labute approximate surface area is 108 Å². The monoisotopic (exact) mass is 272 g/mol. The summed E-state index contributed by atoms with van der Waals surface area (Å²) in [5.41, 5.74) is 8.57. The lowest BCUT2D eigenvalue weighted by Crippen LogP contribution is -2.19. The third-order valence-electron chi connectivity index (χ3n) is 2.79. The molecule has 0 unspecified atom stereocenters. The lowest BCUT2D eigenvalue weighted by atomic mass is 10.1. The Kier molecular flexibility index (Phi) is 4.98. The standard InChI is InChI=1S/C12H20N2O3S/c1-9-5-6-11(13)12(10(9)2)14-18(15,16)8-4-7-17-3/h5-6,14H,4,7-8,13H2,1-3H3. The van der Waals surface area contributed by atoms with Crippen molar-refractivity contribution >= 4 is 21.4 Å². The first-order chi connectivity index (χ1) is 8.37. The molecule has 0 aliphatic heterocycles. The van der Waals surface area contributed by atoms with E-state index in [1.54, 1.807) is 13.2 Å². The molecule has 0 saturated carbocycles. The molecule has 0 aliphatic rings. The molecule has 0 radical (unpaired) electrons. The lowest BCUT2D eigenvalue weighted by molar-refractivity contribution is 0.199. The van der Waals surface area contributed by atoms with Crippen molar-refractivity contribution in [3.8, 4) is 0 Å². The van der Waals surface area contributed by atoms with Gasteiger partial charge in [-0.25, -0.2) is 8.42 Å². The molecule has 0 aromatic heterocycles. The molecule has 0 spiro atoms. The first-order valence-electron chi connectivity index (χ1n) is 5.72. The highest BCUT2D eigenvalue weighted by Crippen LogP contribution is 2.26. The molecule has 0 bridgehead atoms. The molecule has 1 aromatic rings. The largest absolute Gasteiger partial charge is 0.397 e. The predicted octanol–water partition coefficient (Wildman–Crippen LogP) is 1.66. The number of anilines is 2. The van der Waals surface area contributed by atoms with Crippen molar-refractivity contribution in [3.05, 3.63) is 23.3 Å². The van der Waals surface area contributed by atoms with Crippen molar-refractivity contribution in [2.45, 2.75) is 20.3 Å². The van der Waals surface area contributed by atoms with Gasteiger partial charge in [0.2, 0.25) is 10.0 Å². The number of sulfonamides is 1. The number of rotatable bonds is 6. The maximum absolute atomic E-state index is 11.9. The highest BCUT2D eigenvalue weighted by molar-refractivity contribution is 7.92. The average molecular weight is 272 g/mol. The fraction of sp³-hybridized carbons (Fsp3) is 0.500. The van der Waals surface area contributed by atoms with Gasteiger partial charge in [0.05, 0.1) is 17.1 Å². The summed E-state index contributed by atoms with van der Waals surface area (Å²) in [6.07, 6.45) is 0.455. The second kappa shape index (κ2) is 6.06. The van der Waals surface area contributed by atoms with Crippen LogP contribution in [0.15, 0.2) is 12.1 Å². The van der Waals surface area contributed by atoms with E-state index in [-0.39, 0.29) is 5.75 Å². The van der Waals surface area contributed by atoms with E-state index in [1.165, 1.54) is 0 Å². The van der Waals surface area contributed by atoms with E-state index >= 15 is 0 Å². The Hall–Kier alpha value is -1.27. The maximum atomic E-state index is 11.9. The van der Waals surface area contributed by atoms with Crippen LogP contribution in [0.1, 0.15) is 17.5 Å². The van der Waals surface area contributed by atoms with E-state index in [4.69, 9.17) is 10.5 Å². The number of nitrogen functional groups attached to an aromatic ring is 1. The highest BCUT2D eigenvalue weighted by Gasteiger charge is 2.14. The molecule has 0 amide bonds. The molecule has 1 aromatic carbocycles. The molecule has 0 aliphatic carbocycles. The molecule has 3 N–H and O–H groups in total. The Balaban J connectivity index is 2.87.